The Morgan fingerprint density at radius 1 is 1.03 bits per heavy atom. The van der Waals surface area contributed by atoms with E-state index in [2.05, 4.69) is 4.98 Å². The van der Waals surface area contributed by atoms with Crippen molar-refractivity contribution < 1.29 is 17.9 Å². The SMILES string of the molecule is COc1ccc(/C=C/C2=[N+]3C(=Cc4ccc(-c5ccc[nH]5)n4[B-]3(F)F)C=C2)cc1. The molecule has 2 aromatic heterocycles. The number of hydrogen-bond acceptors (Lipinski definition) is 1. The maximum atomic E-state index is 15.7. The highest BCUT2D eigenvalue weighted by molar-refractivity contribution is 6.58. The number of nitrogens with zero attached hydrogens (tertiary/aromatic N) is 2. The maximum absolute atomic E-state index is 15.7. The van der Waals surface area contributed by atoms with E-state index in [1.807, 2.05) is 30.3 Å². The van der Waals surface area contributed by atoms with Crippen molar-refractivity contribution in [3.8, 4) is 17.1 Å². The van der Waals surface area contributed by atoms with E-state index in [1.165, 1.54) is 0 Å². The fraction of sp³-hybridized carbons (Fsp3) is 0.0455. The van der Waals surface area contributed by atoms with E-state index in [0.29, 0.717) is 28.5 Å². The topological polar surface area (TPSA) is 33.0 Å². The number of fused-ring (bicyclic) bond motifs is 2. The van der Waals surface area contributed by atoms with Crippen LogP contribution in [0.1, 0.15) is 11.3 Å². The summed E-state index contributed by atoms with van der Waals surface area (Å²) in [6, 6.07) is 14.5. The van der Waals surface area contributed by atoms with Gasteiger partial charge in [-0.25, -0.2) is 0 Å². The number of allylic oxidation sites excluding steroid dienone is 3. The van der Waals surface area contributed by atoms with Crippen molar-refractivity contribution in [1.82, 2.24) is 9.46 Å². The number of rotatable bonds is 4. The van der Waals surface area contributed by atoms with E-state index in [9.17, 15) is 0 Å². The number of ether oxygens (including phenoxy) is 1. The maximum Gasteiger partial charge on any atom is 0.737 e. The minimum atomic E-state index is -4.04. The molecule has 0 aliphatic carbocycles. The van der Waals surface area contributed by atoms with Crippen molar-refractivity contribution in [1.29, 1.82) is 0 Å². The molecule has 1 aromatic carbocycles. The Morgan fingerprint density at radius 3 is 2.59 bits per heavy atom. The number of aromatic nitrogens is 2. The normalized spacial score (nSPS) is 16.9. The molecule has 29 heavy (non-hydrogen) atoms. The van der Waals surface area contributed by atoms with E-state index in [-0.39, 0.29) is 0 Å². The smallest absolute Gasteiger partial charge is 0.497 e. The van der Waals surface area contributed by atoms with Gasteiger partial charge in [0, 0.05) is 41.9 Å². The van der Waals surface area contributed by atoms with Gasteiger partial charge in [0.2, 0.25) is 0 Å². The van der Waals surface area contributed by atoms with Gasteiger partial charge in [-0.1, -0.05) is 12.1 Å². The quantitative estimate of drug-likeness (QED) is 0.639. The third kappa shape index (κ3) is 2.78. The Hall–Kier alpha value is -3.61. The number of nitrogens with one attached hydrogen (secondary N) is 1. The first-order valence-corrected chi connectivity index (χ1v) is 9.33. The second-order valence-electron chi connectivity index (χ2n) is 6.99. The zero-order valence-corrected chi connectivity index (χ0v) is 15.7. The molecule has 3 aromatic rings. The summed E-state index contributed by atoms with van der Waals surface area (Å²) in [5.41, 5.74) is 3.48. The molecular weight excluding hydrogens is 371 g/mol. The van der Waals surface area contributed by atoms with Crippen molar-refractivity contribution in [2.24, 2.45) is 0 Å². The second-order valence-corrected chi connectivity index (χ2v) is 6.99. The zero-order valence-electron chi connectivity index (χ0n) is 15.7. The van der Waals surface area contributed by atoms with Crippen LogP contribution in [0, 0.1) is 0 Å². The lowest BCUT2D eigenvalue weighted by atomic mass is 9.90. The molecule has 0 radical (unpaired) electrons. The minimum absolute atomic E-state index is 0.453. The van der Waals surface area contributed by atoms with Crippen LogP contribution < -0.4 is 4.74 Å². The highest BCUT2D eigenvalue weighted by Crippen LogP contribution is 2.35. The zero-order chi connectivity index (χ0) is 20.0. The van der Waals surface area contributed by atoms with Crippen LogP contribution in [0.5, 0.6) is 5.75 Å². The fourth-order valence-corrected chi connectivity index (χ4v) is 3.89. The van der Waals surface area contributed by atoms with Crippen molar-refractivity contribution in [2.75, 3.05) is 7.11 Å². The standard InChI is InChI=1S/C22H18BF2N3O/c1-29-20-11-5-16(6-12-20)4-7-17-8-9-18-15-19-10-13-22(21-3-2-14-26-21)28(19)23(24,25)27(17)18/h2-15,26H,1H3/b7-4+. The van der Waals surface area contributed by atoms with Gasteiger partial charge >= 0.3 is 6.97 Å². The van der Waals surface area contributed by atoms with Crippen LogP contribution in [0.2, 0.25) is 0 Å². The Morgan fingerprint density at radius 2 is 1.86 bits per heavy atom. The summed E-state index contributed by atoms with van der Waals surface area (Å²) in [5.74, 6) is 0.753. The lowest BCUT2D eigenvalue weighted by molar-refractivity contribution is -0.359. The Kier molecular flexibility index (Phi) is 3.91. The van der Waals surface area contributed by atoms with E-state index >= 15 is 8.63 Å². The van der Waals surface area contributed by atoms with Crippen molar-refractivity contribution >= 4 is 24.8 Å². The molecule has 0 unspecified atom stereocenters. The number of benzene rings is 1. The number of halogens is 2. The van der Waals surface area contributed by atoms with E-state index in [4.69, 9.17) is 4.74 Å². The van der Waals surface area contributed by atoms with Crippen LogP contribution in [0.15, 0.2) is 78.7 Å². The molecule has 2 aliphatic heterocycles. The highest BCUT2D eigenvalue weighted by atomic mass is 19.2. The number of H-pyrrole nitrogens is 1. The van der Waals surface area contributed by atoms with Gasteiger partial charge in [-0.15, -0.1) is 0 Å². The first-order chi connectivity index (χ1) is 14.1. The highest BCUT2D eigenvalue weighted by Gasteiger charge is 2.52. The predicted molar refractivity (Wildman–Crippen MR) is 112 cm³/mol. The van der Waals surface area contributed by atoms with Gasteiger partial charge in [0.1, 0.15) is 5.75 Å². The van der Waals surface area contributed by atoms with Gasteiger partial charge < -0.3 is 27.3 Å². The molecule has 2 aliphatic rings. The average Bonchev–Trinajstić information content (AvgIpc) is 3.46. The molecule has 4 nitrogen and oxygen atoms in total. The number of hydrogen-bond donors (Lipinski definition) is 1. The molecule has 0 spiro atoms. The third-order valence-corrected chi connectivity index (χ3v) is 5.28. The monoisotopic (exact) mass is 389 g/mol. The second kappa shape index (κ2) is 6.48. The largest absolute Gasteiger partial charge is 0.737 e. The van der Waals surface area contributed by atoms with Gasteiger partial charge in [0.25, 0.3) is 0 Å². The predicted octanol–water partition coefficient (Wildman–Crippen LogP) is 4.81. The van der Waals surface area contributed by atoms with Gasteiger partial charge in [-0.05, 0) is 48.0 Å². The molecule has 5 rings (SSSR count). The Bertz CT molecular complexity index is 1200. The van der Waals surface area contributed by atoms with Crippen molar-refractivity contribution in [3.05, 3.63) is 89.9 Å². The summed E-state index contributed by atoms with van der Waals surface area (Å²) < 4.78 is 38.8. The number of methoxy groups -OCH3 is 1. The first kappa shape index (κ1) is 17.5. The molecular formula is C22H18BF2N3O. The summed E-state index contributed by atoms with van der Waals surface area (Å²) in [5, 5.41) is 0. The van der Waals surface area contributed by atoms with Gasteiger partial charge in [-0.2, -0.15) is 0 Å². The molecule has 0 fully saturated rings. The van der Waals surface area contributed by atoms with Crippen molar-refractivity contribution in [3.63, 3.8) is 0 Å². The van der Waals surface area contributed by atoms with E-state index in [1.54, 1.807) is 61.9 Å². The van der Waals surface area contributed by atoms with E-state index in [0.717, 1.165) is 20.3 Å². The van der Waals surface area contributed by atoms with Gasteiger partial charge in [0.05, 0.1) is 12.8 Å². The molecule has 0 saturated heterocycles. The van der Waals surface area contributed by atoms with Gasteiger partial charge in [-0.3, -0.25) is 0 Å². The van der Waals surface area contributed by atoms with Crippen LogP contribution in [0.25, 0.3) is 23.5 Å². The number of aromatic amines is 1. The van der Waals surface area contributed by atoms with Gasteiger partial charge in [0.15, 0.2) is 11.4 Å². The summed E-state index contributed by atoms with van der Waals surface area (Å²) in [7, 11) is 1.61. The van der Waals surface area contributed by atoms with E-state index < -0.39 is 6.97 Å². The minimum Gasteiger partial charge on any atom is -0.497 e. The third-order valence-electron chi connectivity index (χ3n) is 5.28. The molecule has 0 atom stereocenters. The molecule has 144 valence electrons. The van der Waals surface area contributed by atoms with Crippen LogP contribution in [-0.4, -0.2) is 33.7 Å². The van der Waals surface area contributed by atoms with Crippen LogP contribution in [-0.2, 0) is 0 Å². The van der Waals surface area contributed by atoms with Crippen LogP contribution in [0.4, 0.5) is 8.63 Å². The molecule has 0 saturated carbocycles. The molecule has 4 heterocycles. The lowest BCUT2D eigenvalue weighted by Gasteiger charge is -2.30. The lowest BCUT2D eigenvalue weighted by Crippen LogP contribution is -2.50. The summed E-state index contributed by atoms with van der Waals surface area (Å²) in [4.78, 5) is 3.02. The van der Waals surface area contributed by atoms with Crippen LogP contribution >= 0.6 is 0 Å². The van der Waals surface area contributed by atoms with Crippen molar-refractivity contribution in [2.45, 2.75) is 0 Å². The first-order valence-electron chi connectivity index (χ1n) is 9.33. The Balaban J connectivity index is 1.57. The molecule has 0 amide bonds. The average molecular weight is 389 g/mol. The summed E-state index contributed by atoms with van der Waals surface area (Å²) in [6.45, 7) is -4.04. The Labute approximate surface area is 166 Å². The fourth-order valence-electron chi connectivity index (χ4n) is 3.89. The summed E-state index contributed by atoms with van der Waals surface area (Å²) in [6.07, 6.45) is 10.5. The summed E-state index contributed by atoms with van der Waals surface area (Å²) >= 11 is 0. The van der Waals surface area contributed by atoms with Crippen LogP contribution in [0.3, 0.4) is 0 Å². The molecule has 7 heteroatoms. The molecule has 1 N–H and O–H groups in total. The molecule has 0 bridgehead atoms.